The fourth-order valence-electron chi connectivity index (χ4n) is 1.61. The molecule has 2 N–H and O–H groups in total. The van der Waals surface area contributed by atoms with E-state index in [1.165, 1.54) is 0 Å². The first-order chi connectivity index (χ1) is 12.1. The van der Waals surface area contributed by atoms with E-state index in [4.69, 9.17) is 23.8 Å². The molecule has 0 aromatic rings. The Kier molecular flexibility index (Phi) is 10.7. The van der Waals surface area contributed by atoms with Gasteiger partial charge in [0.25, 0.3) is 0 Å². The zero-order chi connectivity index (χ0) is 21.5. The summed E-state index contributed by atoms with van der Waals surface area (Å²) in [5.41, 5.74) is 0. The van der Waals surface area contributed by atoms with E-state index in [9.17, 15) is 0 Å². The molecule has 7 heteroatoms. The minimum Gasteiger partial charge on any atom is -0.414 e. The highest BCUT2D eigenvalue weighted by molar-refractivity contribution is 6.74. The third kappa shape index (κ3) is 9.83. The Morgan fingerprint density at radius 3 is 1.67 bits per heavy atom. The minimum absolute atomic E-state index is 0.0276. The highest BCUT2D eigenvalue weighted by atomic mass is 28.4. The van der Waals surface area contributed by atoms with Gasteiger partial charge in [-0.2, -0.15) is 0 Å². The standard InChI is InChI=1S/C10H22O3Si.C10H22O2Si/c1-10(2,3)14(4,5)12-7-9-8(6-11)13-9;1-10(2,3)13(4,5)12-9-7-6-8-11/h8-9,11H,6-7H2,1-5H3;6-7,11H,8-9H2,1-5H3/b;7-6-/t8-,9+;/m1./s1. The lowest BCUT2D eigenvalue weighted by Crippen LogP contribution is -2.41. The zero-order valence-electron chi connectivity index (χ0n) is 19.3. The van der Waals surface area contributed by atoms with Gasteiger partial charge in [0.05, 0.1) is 26.4 Å². The molecule has 1 aliphatic rings. The summed E-state index contributed by atoms with van der Waals surface area (Å²) in [6.07, 6.45) is 3.75. The Hall–Kier alpha value is -0.0262. The van der Waals surface area contributed by atoms with Crippen LogP contribution in [0.4, 0.5) is 0 Å². The molecule has 1 heterocycles. The summed E-state index contributed by atoms with van der Waals surface area (Å²) in [6.45, 7) is 23.7. The third-order valence-electron chi connectivity index (χ3n) is 5.90. The Bertz CT molecular complexity index is 450. The first kappa shape index (κ1) is 27.0. The molecule has 0 aliphatic carbocycles. The van der Waals surface area contributed by atoms with Gasteiger partial charge in [-0.25, -0.2) is 0 Å². The van der Waals surface area contributed by atoms with Crippen LogP contribution in [0.5, 0.6) is 0 Å². The Labute approximate surface area is 169 Å². The van der Waals surface area contributed by atoms with Gasteiger partial charge in [0.15, 0.2) is 16.6 Å². The van der Waals surface area contributed by atoms with E-state index >= 15 is 0 Å². The summed E-state index contributed by atoms with van der Waals surface area (Å²) in [6, 6.07) is 0. The molecule has 0 bridgehead atoms. The van der Waals surface area contributed by atoms with Gasteiger partial charge < -0.3 is 23.8 Å². The van der Waals surface area contributed by atoms with E-state index in [0.717, 1.165) is 0 Å². The smallest absolute Gasteiger partial charge is 0.192 e. The predicted octanol–water partition coefficient (Wildman–Crippen LogP) is 4.32. The lowest BCUT2D eigenvalue weighted by atomic mass is 10.2. The second-order valence-corrected chi connectivity index (χ2v) is 19.8. The third-order valence-corrected chi connectivity index (χ3v) is 14.9. The number of ether oxygens (including phenoxy) is 1. The van der Waals surface area contributed by atoms with Gasteiger partial charge in [-0.05, 0) is 36.3 Å². The predicted molar refractivity (Wildman–Crippen MR) is 118 cm³/mol. The summed E-state index contributed by atoms with van der Waals surface area (Å²) in [5.74, 6) is 0. The lowest BCUT2D eigenvalue weighted by Gasteiger charge is -2.35. The highest BCUT2D eigenvalue weighted by Crippen LogP contribution is 2.38. The van der Waals surface area contributed by atoms with Crippen LogP contribution >= 0.6 is 0 Å². The molecule has 0 radical (unpaired) electrons. The Morgan fingerprint density at radius 2 is 1.30 bits per heavy atom. The molecular formula is C20H44O5Si2. The normalized spacial score (nSPS) is 21.2. The first-order valence-corrected chi connectivity index (χ1v) is 15.7. The van der Waals surface area contributed by atoms with Crippen molar-refractivity contribution in [1.82, 2.24) is 0 Å². The van der Waals surface area contributed by atoms with E-state index in [2.05, 4.69) is 67.7 Å². The van der Waals surface area contributed by atoms with Gasteiger partial charge in [-0.15, -0.1) is 0 Å². The molecule has 0 unspecified atom stereocenters. The van der Waals surface area contributed by atoms with Crippen LogP contribution in [0.3, 0.4) is 0 Å². The zero-order valence-corrected chi connectivity index (χ0v) is 21.3. The molecule has 0 aromatic heterocycles. The summed E-state index contributed by atoms with van der Waals surface area (Å²) in [7, 11) is -3.22. The van der Waals surface area contributed by atoms with Crippen molar-refractivity contribution in [2.75, 3.05) is 26.4 Å². The largest absolute Gasteiger partial charge is 0.414 e. The number of epoxide rings is 1. The van der Waals surface area contributed by atoms with Gasteiger partial charge in [0.2, 0.25) is 0 Å². The van der Waals surface area contributed by atoms with Crippen LogP contribution in [0.15, 0.2) is 12.2 Å². The fraction of sp³-hybridized carbons (Fsp3) is 0.900. The van der Waals surface area contributed by atoms with Crippen molar-refractivity contribution in [3.63, 3.8) is 0 Å². The van der Waals surface area contributed by atoms with Crippen molar-refractivity contribution < 1.29 is 23.8 Å². The molecule has 162 valence electrons. The SMILES string of the molecule is CC(C)(C)[Si](C)(C)OC/C=C\CO.CC(C)(C)[Si](C)(C)OC[C@@H]1O[C@@H]1CO. The summed E-state index contributed by atoms with van der Waals surface area (Å²) < 4.78 is 17.0. The molecule has 1 fully saturated rings. The molecule has 0 saturated carbocycles. The topological polar surface area (TPSA) is 71.5 Å². The maximum atomic E-state index is 8.80. The van der Waals surface area contributed by atoms with Crippen LogP contribution in [0.2, 0.25) is 36.3 Å². The van der Waals surface area contributed by atoms with Crippen LogP contribution in [0.1, 0.15) is 41.5 Å². The van der Waals surface area contributed by atoms with Gasteiger partial charge in [0.1, 0.15) is 12.2 Å². The molecule has 1 rings (SSSR count). The summed E-state index contributed by atoms with van der Waals surface area (Å²) >= 11 is 0. The lowest BCUT2D eigenvalue weighted by molar-refractivity contribution is 0.227. The van der Waals surface area contributed by atoms with E-state index in [1.54, 1.807) is 6.08 Å². The number of aliphatic hydroxyl groups is 2. The first-order valence-electron chi connectivity index (χ1n) is 9.89. The molecule has 1 saturated heterocycles. The van der Waals surface area contributed by atoms with E-state index in [-0.39, 0.29) is 35.5 Å². The van der Waals surface area contributed by atoms with E-state index in [0.29, 0.717) is 13.2 Å². The van der Waals surface area contributed by atoms with Crippen LogP contribution < -0.4 is 0 Å². The van der Waals surface area contributed by atoms with Crippen molar-refractivity contribution in [2.45, 2.75) is 90.0 Å². The second-order valence-electron chi connectivity index (χ2n) is 10.2. The minimum atomic E-state index is -1.63. The summed E-state index contributed by atoms with van der Waals surface area (Å²) in [4.78, 5) is 0. The fourth-order valence-corrected chi connectivity index (χ4v) is 3.57. The van der Waals surface area contributed by atoms with Crippen molar-refractivity contribution in [3.05, 3.63) is 12.2 Å². The van der Waals surface area contributed by atoms with E-state index < -0.39 is 16.6 Å². The number of hydrogen-bond donors (Lipinski definition) is 2. The Balaban J connectivity index is 0.000000503. The molecule has 0 aromatic carbocycles. The number of hydrogen-bond acceptors (Lipinski definition) is 5. The van der Waals surface area contributed by atoms with Crippen molar-refractivity contribution in [2.24, 2.45) is 0 Å². The average molecular weight is 421 g/mol. The average Bonchev–Trinajstić information content (AvgIpc) is 3.27. The van der Waals surface area contributed by atoms with E-state index in [1.807, 2.05) is 6.08 Å². The molecule has 0 spiro atoms. The maximum absolute atomic E-state index is 8.80. The molecule has 2 atom stereocenters. The summed E-state index contributed by atoms with van der Waals surface area (Å²) in [5, 5.41) is 17.8. The monoisotopic (exact) mass is 420 g/mol. The van der Waals surface area contributed by atoms with Crippen LogP contribution in [0, 0.1) is 0 Å². The molecule has 1 aliphatic heterocycles. The second kappa shape index (κ2) is 10.7. The molecule has 27 heavy (non-hydrogen) atoms. The molecule has 0 amide bonds. The van der Waals surface area contributed by atoms with Crippen LogP contribution in [-0.2, 0) is 13.6 Å². The van der Waals surface area contributed by atoms with Crippen molar-refractivity contribution in [1.29, 1.82) is 0 Å². The van der Waals surface area contributed by atoms with Crippen molar-refractivity contribution in [3.8, 4) is 0 Å². The van der Waals surface area contributed by atoms with Crippen LogP contribution in [0.25, 0.3) is 0 Å². The van der Waals surface area contributed by atoms with Crippen molar-refractivity contribution >= 4 is 16.6 Å². The Morgan fingerprint density at radius 1 is 0.815 bits per heavy atom. The molecular weight excluding hydrogens is 376 g/mol. The highest BCUT2D eigenvalue weighted by Gasteiger charge is 2.43. The number of aliphatic hydroxyl groups excluding tert-OH is 2. The van der Waals surface area contributed by atoms with Gasteiger partial charge in [-0.3, -0.25) is 0 Å². The van der Waals surface area contributed by atoms with Gasteiger partial charge in [-0.1, -0.05) is 53.7 Å². The molecule has 5 nitrogen and oxygen atoms in total. The van der Waals surface area contributed by atoms with Crippen LogP contribution in [-0.4, -0.2) is 65.5 Å². The maximum Gasteiger partial charge on any atom is 0.192 e. The quantitative estimate of drug-likeness (QED) is 0.347. The number of rotatable bonds is 8. The van der Waals surface area contributed by atoms with Gasteiger partial charge >= 0.3 is 0 Å². The van der Waals surface area contributed by atoms with Gasteiger partial charge in [0, 0.05) is 0 Å².